The van der Waals surface area contributed by atoms with Gasteiger partial charge in [-0.1, -0.05) is 0 Å². The van der Waals surface area contributed by atoms with Crippen molar-refractivity contribution in [2.24, 2.45) is 4.99 Å². The molecule has 0 amide bonds. The average molecular weight is 355 g/mol. The third kappa shape index (κ3) is 7.92. The standard InChI is InChI=1S/C19H38N4O2/c1-4-20-19(22-17-6-11-23(12-7-17)16(2)3)21-10-5-13-25-18-8-14-24-15-9-18/h16-18H,4-15H2,1-3H3,(H2,20,21,22). The van der Waals surface area contributed by atoms with Gasteiger partial charge in [0.2, 0.25) is 0 Å². The van der Waals surface area contributed by atoms with Crippen molar-refractivity contribution in [1.82, 2.24) is 15.5 Å². The van der Waals surface area contributed by atoms with Crippen molar-refractivity contribution in [3.63, 3.8) is 0 Å². The molecule has 2 heterocycles. The van der Waals surface area contributed by atoms with Crippen LogP contribution >= 0.6 is 0 Å². The van der Waals surface area contributed by atoms with E-state index >= 15 is 0 Å². The number of likely N-dealkylation sites (tertiary alicyclic amines) is 1. The predicted octanol–water partition coefficient (Wildman–Crippen LogP) is 2.00. The van der Waals surface area contributed by atoms with E-state index in [2.05, 4.69) is 36.3 Å². The molecule has 6 heteroatoms. The van der Waals surface area contributed by atoms with Gasteiger partial charge in [0.05, 0.1) is 6.10 Å². The Morgan fingerprint density at radius 3 is 2.56 bits per heavy atom. The van der Waals surface area contributed by atoms with Gasteiger partial charge in [-0.15, -0.1) is 0 Å². The molecule has 0 aliphatic carbocycles. The zero-order valence-electron chi connectivity index (χ0n) is 16.4. The second-order valence-corrected chi connectivity index (χ2v) is 7.35. The Kier molecular flexibility index (Phi) is 9.58. The molecule has 0 aromatic carbocycles. The highest BCUT2D eigenvalue weighted by atomic mass is 16.5. The van der Waals surface area contributed by atoms with Crippen molar-refractivity contribution in [3.8, 4) is 0 Å². The Morgan fingerprint density at radius 1 is 1.20 bits per heavy atom. The molecule has 0 aromatic heterocycles. The molecule has 0 atom stereocenters. The number of rotatable bonds is 8. The summed E-state index contributed by atoms with van der Waals surface area (Å²) in [6.45, 7) is 13.2. The first-order chi connectivity index (χ1) is 12.2. The number of piperidine rings is 1. The summed E-state index contributed by atoms with van der Waals surface area (Å²) in [5, 5.41) is 6.98. The summed E-state index contributed by atoms with van der Waals surface area (Å²) in [6, 6.07) is 1.19. The van der Waals surface area contributed by atoms with Gasteiger partial charge >= 0.3 is 0 Å². The predicted molar refractivity (Wildman–Crippen MR) is 103 cm³/mol. The normalized spacial score (nSPS) is 21.7. The first kappa shape index (κ1) is 20.5. The summed E-state index contributed by atoms with van der Waals surface area (Å²) >= 11 is 0. The Hall–Kier alpha value is -0.850. The number of nitrogens with zero attached hydrogens (tertiary/aromatic N) is 2. The van der Waals surface area contributed by atoms with E-state index in [4.69, 9.17) is 14.5 Å². The molecule has 25 heavy (non-hydrogen) atoms. The van der Waals surface area contributed by atoms with E-state index in [9.17, 15) is 0 Å². The average Bonchev–Trinajstić information content (AvgIpc) is 2.63. The molecule has 2 fully saturated rings. The SMILES string of the molecule is CCNC(=NCCCOC1CCOCC1)NC1CCN(C(C)C)CC1. The lowest BCUT2D eigenvalue weighted by Crippen LogP contribution is -2.49. The van der Waals surface area contributed by atoms with Crippen molar-refractivity contribution < 1.29 is 9.47 Å². The third-order valence-electron chi connectivity index (χ3n) is 5.04. The van der Waals surface area contributed by atoms with Crippen molar-refractivity contribution in [3.05, 3.63) is 0 Å². The number of nitrogens with one attached hydrogen (secondary N) is 2. The molecule has 2 aliphatic heterocycles. The van der Waals surface area contributed by atoms with Crippen LogP contribution in [0.1, 0.15) is 52.9 Å². The summed E-state index contributed by atoms with van der Waals surface area (Å²) in [5.41, 5.74) is 0. The second-order valence-electron chi connectivity index (χ2n) is 7.35. The van der Waals surface area contributed by atoms with Crippen LogP contribution in [0, 0.1) is 0 Å². The van der Waals surface area contributed by atoms with Gasteiger partial charge in [-0.25, -0.2) is 0 Å². The minimum Gasteiger partial charge on any atom is -0.381 e. The lowest BCUT2D eigenvalue weighted by atomic mass is 10.0. The number of hydrogen-bond acceptors (Lipinski definition) is 4. The Labute approximate surface area is 153 Å². The van der Waals surface area contributed by atoms with E-state index in [1.54, 1.807) is 0 Å². The first-order valence-corrected chi connectivity index (χ1v) is 10.2. The maximum atomic E-state index is 5.91. The van der Waals surface area contributed by atoms with Crippen molar-refractivity contribution in [1.29, 1.82) is 0 Å². The van der Waals surface area contributed by atoms with Crippen LogP contribution in [0.15, 0.2) is 4.99 Å². The molecule has 0 bridgehead atoms. The van der Waals surface area contributed by atoms with Crippen LogP contribution in [0.4, 0.5) is 0 Å². The van der Waals surface area contributed by atoms with Crippen LogP contribution in [-0.2, 0) is 9.47 Å². The molecule has 0 unspecified atom stereocenters. The van der Waals surface area contributed by atoms with E-state index in [0.717, 1.165) is 58.1 Å². The highest BCUT2D eigenvalue weighted by Crippen LogP contribution is 2.13. The monoisotopic (exact) mass is 354 g/mol. The minimum absolute atomic E-state index is 0.384. The van der Waals surface area contributed by atoms with Gasteiger partial charge < -0.3 is 25.0 Å². The molecule has 2 aliphatic rings. The van der Waals surface area contributed by atoms with E-state index in [-0.39, 0.29) is 0 Å². The maximum absolute atomic E-state index is 5.91. The first-order valence-electron chi connectivity index (χ1n) is 10.2. The highest BCUT2D eigenvalue weighted by molar-refractivity contribution is 5.80. The van der Waals surface area contributed by atoms with E-state index in [1.807, 2.05) is 0 Å². The van der Waals surface area contributed by atoms with Crippen molar-refractivity contribution >= 4 is 5.96 Å². The fourth-order valence-electron chi connectivity index (χ4n) is 3.42. The Balaban J connectivity index is 1.64. The van der Waals surface area contributed by atoms with Gasteiger partial charge in [-0.2, -0.15) is 0 Å². The van der Waals surface area contributed by atoms with E-state index in [0.29, 0.717) is 18.2 Å². The van der Waals surface area contributed by atoms with Crippen LogP contribution in [0.5, 0.6) is 0 Å². The van der Waals surface area contributed by atoms with Gasteiger partial charge in [0, 0.05) is 58.1 Å². The van der Waals surface area contributed by atoms with Crippen LogP contribution in [0.25, 0.3) is 0 Å². The van der Waals surface area contributed by atoms with E-state index in [1.165, 1.54) is 25.9 Å². The van der Waals surface area contributed by atoms with Crippen molar-refractivity contribution in [2.45, 2.75) is 71.1 Å². The van der Waals surface area contributed by atoms with Crippen molar-refractivity contribution in [2.75, 3.05) is 46.0 Å². The summed E-state index contributed by atoms with van der Waals surface area (Å²) < 4.78 is 11.3. The minimum atomic E-state index is 0.384. The lowest BCUT2D eigenvalue weighted by molar-refractivity contribution is -0.0318. The highest BCUT2D eigenvalue weighted by Gasteiger charge is 2.21. The molecule has 0 spiro atoms. The molecule has 146 valence electrons. The van der Waals surface area contributed by atoms with Gasteiger partial charge in [-0.3, -0.25) is 4.99 Å². The van der Waals surface area contributed by atoms with Crippen LogP contribution in [0.2, 0.25) is 0 Å². The van der Waals surface area contributed by atoms with Gasteiger partial charge in [0.25, 0.3) is 0 Å². The summed E-state index contributed by atoms with van der Waals surface area (Å²) in [4.78, 5) is 7.27. The third-order valence-corrected chi connectivity index (χ3v) is 5.04. The molecule has 0 saturated carbocycles. The number of hydrogen-bond donors (Lipinski definition) is 2. The van der Waals surface area contributed by atoms with Crippen LogP contribution in [0.3, 0.4) is 0 Å². The zero-order chi connectivity index (χ0) is 17.9. The topological polar surface area (TPSA) is 58.1 Å². The second kappa shape index (κ2) is 11.7. The molecular formula is C19H38N4O2. The largest absolute Gasteiger partial charge is 0.381 e. The Bertz CT molecular complexity index is 376. The molecule has 0 aromatic rings. The number of ether oxygens (including phenoxy) is 2. The van der Waals surface area contributed by atoms with E-state index < -0.39 is 0 Å². The molecular weight excluding hydrogens is 316 g/mol. The Morgan fingerprint density at radius 2 is 1.92 bits per heavy atom. The molecule has 2 rings (SSSR count). The number of guanidine groups is 1. The number of aliphatic imine (C=N–C) groups is 1. The fourth-order valence-corrected chi connectivity index (χ4v) is 3.42. The molecule has 2 N–H and O–H groups in total. The summed E-state index contributed by atoms with van der Waals surface area (Å²) in [7, 11) is 0. The molecule has 6 nitrogen and oxygen atoms in total. The molecule has 2 saturated heterocycles. The van der Waals surface area contributed by atoms with Crippen LogP contribution in [-0.4, -0.2) is 75.0 Å². The fraction of sp³-hybridized carbons (Fsp3) is 0.947. The summed E-state index contributed by atoms with van der Waals surface area (Å²) in [6.07, 6.45) is 5.80. The molecule has 0 radical (unpaired) electrons. The zero-order valence-corrected chi connectivity index (χ0v) is 16.4. The van der Waals surface area contributed by atoms with Gasteiger partial charge in [-0.05, 0) is 52.9 Å². The quantitative estimate of drug-likeness (QED) is 0.397. The smallest absolute Gasteiger partial charge is 0.191 e. The van der Waals surface area contributed by atoms with Gasteiger partial charge in [0.1, 0.15) is 0 Å². The van der Waals surface area contributed by atoms with Crippen LogP contribution < -0.4 is 10.6 Å². The lowest BCUT2D eigenvalue weighted by Gasteiger charge is -2.35. The van der Waals surface area contributed by atoms with Gasteiger partial charge in [0.15, 0.2) is 5.96 Å². The maximum Gasteiger partial charge on any atom is 0.191 e. The summed E-state index contributed by atoms with van der Waals surface area (Å²) in [5.74, 6) is 0.955.